The normalized spacial score (nSPS) is 17.9. The van der Waals surface area contributed by atoms with Crippen molar-refractivity contribution in [2.45, 2.75) is 44.6 Å². The first-order valence-corrected chi connectivity index (χ1v) is 5.63. The Labute approximate surface area is 90.1 Å². The van der Waals surface area contributed by atoms with E-state index in [9.17, 15) is 0 Å². The Morgan fingerprint density at radius 3 is 2.60 bits per heavy atom. The average molecular weight is 206 g/mol. The van der Waals surface area contributed by atoms with Crippen molar-refractivity contribution >= 4 is 5.95 Å². The lowest BCUT2D eigenvalue weighted by molar-refractivity contribution is 0.436. The molecule has 2 rings (SSSR count). The van der Waals surface area contributed by atoms with Crippen LogP contribution < -0.4 is 11.5 Å². The summed E-state index contributed by atoms with van der Waals surface area (Å²) in [5.74, 6) is 0.924. The molecule has 1 fully saturated rings. The largest absolute Gasteiger partial charge is 0.368 e. The van der Waals surface area contributed by atoms with Gasteiger partial charge in [-0.1, -0.05) is 19.3 Å². The molecule has 1 heterocycles. The molecule has 1 aliphatic rings. The SMILES string of the molecule is NCc1cc(C2CCCCC2)nc(N)n1. The topological polar surface area (TPSA) is 77.8 Å². The molecule has 0 aromatic carbocycles. The van der Waals surface area contributed by atoms with Crippen molar-refractivity contribution in [3.63, 3.8) is 0 Å². The van der Waals surface area contributed by atoms with Crippen LogP contribution in [0.25, 0.3) is 0 Å². The van der Waals surface area contributed by atoms with Crippen LogP contribution >= 0.6 is 0 Å². The Kier molecular flexibility index (Phi) is 3.16. The minimum absolute atomic E-state index is 0.360. The van der Waals surface area contributed by atoms with Gasteiger partial charge in [0.1, 0.15) is 0 Å². The maximum Gasteiger partial charge on any atom is 0.220 e. The van der Waals surface area contributed by atoms with E-state index in [0.29, 0.717) is 18.4 Å². The van der Waals surface area contributed by atoms with Crippen LogP contribution in [-0.4, -0.2) is 9.97 Å². The highest BCUT2D eigenvalue weighted by molar-refractivity contribution is 5.24. The number of anilines is 1. The maximum atomic E-state index is 5.66. The summed E-state index contributed by atoms with van der Waals surface area (Å²) < 4.78 is 0. The molecule has 0 radical (unpaired) electrons. The Balaban J connectivity index is 2.22. The number of nitrogens with zero attached hydrogens (tertiary/aromatic N) is 2. The molecule has 0 bridgehead atoms. The highest BCUT2D eigenvalue weighted by Crippen LogP contribution is 2.31. The molecule has 0 atom stereocenters. The zero-order chi connectivity index (χ0) is 10.7. The van der Waals surface area contributed by atoms with Crippen molar-refractivity contribution < 1.29 is 0 Å². The van der Waals surface area contributed by atoms with Crippen LogP contribution in [0.1, 0.15) is 49.4 Å². The maximum absolute atomic E-state index is 5.66. The van der Waals surface area contributed by atoms with Crippen LogP contribution in [0.5, 0.6) is 0 Å². The molecule has 1 aromatic heterocycles. The molecule has 15 heavy (non-hydrogen) atoms. The Hall–Kier alpha value is -1.16. The van der Waals surface area contributed by atoms with E-state index in [2.05, 4.69) is 9.97 Å². The van der Waals surface area contributed by atoms with E-state index in [-0.39, 0.29) is 0 Å². The standard InChI is InChI=1S/C11H18N4/c12-7-9-6-10(15-11(13)14-9)8-4-2-1-3-5-8/h6,8H,1-5,7,12H2,(H2,13,14,15). The van der Waals surface area contributed by atoms with Gasteiger partial charge in [0.2, 0.25) is 5.95 Å². The molecule has 0 unspecified atom stereocenters. The van der Waals surface area contributed by atoms with Crippen molar-refractivity contribution in [2.24, 2.45) is 5.73 Å². The van der Waals surface area contributed by atoms with E-state index in [1.807, 2.05) is 6.07 Å². The molecule has 4 nitrogen and oxygen atoms in total. The third-order valence-corrected chi connectivity index (χ3v) is 3.05. The summed E-state index contributed by atoms with van der Waals surface area (Å²) in [4.78, 5) is 8.41. The summed E-state index contributed by atoms with van der Waals surface area (Å²) in [6.07, 6.45) is 6.39. The fraction of sp³-hybridized carbons (Fsp3) is 0.636. The summed E-state index contributed by atoms with van der Waals surface area (Å²) in [5, 5.41) is 0. The fourth-order valence-corrected chi connectivity index (χ4v) is 2.25. The predicted molar refractivity (Wildman–Crippen MR) is 60.2 cm³/mol. The van der Waals surface area contributed by atoms with E-state index in [4.69, 9.17) is 11.5 Å². The first kappa shape index (κ1) is 10.4. The van der Waals surface area contributed by atoms with Crippen molar-refractivity contribution in [1.29, 1.82) is 0 Å². The molecular formula is C11H18N4. The van der Waals surface area contributed by atoms with Gasteiger partial charge in [-0.05, 0) is 18.9 Å². The first-order chi connectivity index (χ1) is 7.29. The number of hydrogen-bond acceptors (Lipinski definition) is 4. The molecule has 0 spiro atoms. The third-order valence-electron chi connectivity index (χ3n) is 3.05. The molecule has 4 N–H and O–H groups in total. The predicted octanol–water partition coefficient (Wildman–Crippen LogP) is 1.57. The van der Waals surface area contributed by atoms with Gasteiger partial charge in [-0.2, -0.15) is 0 Å². The van der Waals surface area contributed by atoms with Gasteiger partial charge < -0.3 is 11.5 Å². The smallest absolute Gasteiger partial charge is 0.220 e. The summed E-state index contributed by atoms with van der Waals surface area (Å²) in [6.45, 7) is 0.437. The summed E-state index contributed by atoms with van der Waals surface area (Å²) in [5.41, 5.74) is 13.2. The van der Waals surface area contributed by atoms with Crippen LogP contribution in [0.4, 0.5) is 5.95 Å². The van der Waals surface area contributed by atoms with Crippen LogP contribution in [0.15, 0.2) is 6.07 Å². The second-order valence-corrected chi connectivity index (χ2v) is 4.18. The number of nitrogen functional groups attached to an aromatic ring is 1. The molecule has 1 saturated carbocycles. The second kappa shape index (κ2) is 4.57. The van der Waals surface area contributed by atoms with Crippen LogP contribution in [0.3, 0.4) is 0 Å². The van der Waals surface area contributed by atoms with Crippen molar-refractivity contribution in [3.05, 3.63) is 17.5 Å². The van der Waals surface area contributed by atoms with Gasteiger partial charge in [-0.3, -0.25) is 0 Å². The summed E-state index contributed by atoms with van der Waals surface area (Å²) in [6, 6.07) is 2.01. The van der Waals surface area contributed by atoms with Crippen LogP contribution in [0.2, 0.25) is 0 Å². The highest BCUT2D eigenvalue weighted by Gasteiger charge is 2.17. The van der Waals surface area contributed by atoms with Gasteiger partial charge in [-0.25, -0.2) is 9.97 Å². The van der Waals surface area contributed by atoms with E-state index in [1.165, 1.54) is 32.1 Å². The summed E-state index contributed by atoms with van der Waals surface area (Å²) in [7, 11) is 0. The van der Waals surface area contributed by atoms with Crippen LogP contribution in [-0.2, 0) is 6.54 Å². The van der Waals surface area contributed by atoms with Gasteiger partial charge in [-0.15, -0.1) is 0 Å². The second-order valence-electron chi connectivity index (χ2n) is 4.18. The molecule has 1 aromatic rings. The molecule has 0 saturated heterocycles. The zero-order valence-electron chi connectivity index (χ0n) is 8.95. The zero-order valence-corrected chi connectivity index (χ0v) is 8.95. The molecule has 4 heteroatoms. The lowest BCUT2D eigenvalue weighted by atomic mass is 9.86. The number of rotatable bonds is 2. The Morgan fingerprint density at radius 2 is 1.93 bits per heavy atom. The van der Waals surface area contributed by atoms with E-state index in [0.717, 1.165) is 11.4 Å². The quantitative estimate of drug-likeness (QED) is 0.769. The van der Waals surface area contributed by atoms with Gasteiger partial charge in [0.05, 0.1) is 5.69 Å². The van der Waals surface area contributed by atoms with Crippen molar-refractivity contribution in [2.75, 3.05) is 5.73 Å². The van der Waals surface area contributed by atoms with E-state index in [1.54, 1.807) is 0 Å². The first-order valence-electron chi connectivity index (χ1n) is 5.63. The lowest BCUT2D eigenvalue weighted by Gasteiger charge is -2.21. The molecule has 82 valence electrons. The molecule has 1 aliphatic carbocycles. The minimum atomic E-state index is 0.360. The number of aromatic nitrogens is 2. The Bertz CT molecular complexity index is 331. The average Bonchev–Trinajstić information content (AvgIpc) is 2.29. The Morgan fingerprint density at radius 1 is 1.20 bits per heavy atom. The number of nitrogens with two attached hydrogens (primary N) is 2. The molecule has 0 aliphatic heterocycles. The number of hydrogen-bond donors (Lipinski definition) is 2. The van der Waals surface area contributed by atoms with E-state index < -0.39 is 0 Å². The summed E-state index contributed by atoms with van der Waals surface area (Å²) >= 11 is 0. The van der Waals surface area contributed by atoms with Gasteiger partial charge in [0.25, 0.3) is 0 Å². The molecular weight excluding hydrogens is 188 g/mol. The van der Waals surface area contributed by atoms with Gasteiger partial charge in [0, 0.05) is 18.2 Å². The highest BCUT2D eigenvalue weighted by atomic mass is 15.0. The minimum Gasteiger partial charge on any atom is -0.368 e. The molecule has 0 amide bonds. The van der Waals surface area contributed by atoms with Crippen molar-refractivity contribution in [3.8, 4) is 0 Å². The van der Waals surface area contributed by atoms with Crippen LogP contribution in [0, 0.1) is 0 Å². The van der Waals surface area contributed by atoms with Crippen molar-refractivity contribution in [1.82, 2.24) is 9.97 Å². The van der Waals surface area contributed by atoms with Gasteiger partial charge >= 0.3 is 0 Å². The third kappa shape index (κ3) is 2.45. The van der Waals surface area contributed by atoms with Gasteiger partial charge in [0.15, 0.2) is 0 Å². The lowest BCUT2D eigenvalue weighted by Crippen LogP contribution is -2.11. The fourth-order valence-electron chi connectivity index (χ4n) is 2.25. The monoisotopic (exact) mass is 206 g/mol. The van der Waals surface area contributed by atoms with E-state index >= 15 is 0 Å².